The maximum absolute atomic E-state index is 12.8. The van der Waals surface area contributed by atoms with Crippen LogP contribution in [0.4, 0.5) is 13.2 Å². The summed E-state index contributed by atoms with van der Waals surface area (Å²) < 4.78 is 43.8. The fourth-order valence-corrected chi connectivity index (χ4v) is 2.36. The van der Waals surface area contributed by atoms with E-state index < -0.39 is 17.6 Å². The molecule has 0 fully saturated rings. The monoisotopic (exact) mass is 394 g/mol. The normalized spacial score (nSPS) is 11.2. The Morgan fingerprint density at radius 3 is 2.32 bits per heavy atom. The van der Waals surface area contributed by atoms with Gasteiger partial charge in [0.15, 0.2) is 0 Å². The molecule has 2 amide bonds. The number of amides is 2. The fraction of sp³-hybridized carbons (Fsp3) is 0.300. The lowest BCUT2D eigenvalue weighted by Gasteiger charge is -2.11. The SMILES string of the molecule is CC(C)NC(=O)CCNC(=O)c1cccc(Oc2cccc(C(F)(F)F)c2)c1. The van der Waals surface area contributed by atoms with E-state index in [-0.39, 0.29) is 42.0 Å². The molecule has 0 saturated carbocycles. The molecule has 2 N–H and O–H groups in total. The summed E-state index contributed by atoms with van der Waals surface area (Å²) in [5, 5.41) is 5.34. The number of hydrogen-bond acceptors (Lipinski definition) is 3. The lowest BCUT2D eigenvalue weighted by molar-refractivity contribution is -0.137. The van der Waals surface area contributed by atoms with E-state index >= 15 is 0 Å². The maximum atomic E-state index is 12.8. The number of carbonyl (C=O) groups excluding carboxylic acids is 2. The number of alkyl halides is 3. The van der Waals surface area contributed by atoms with Crippen molar-refractivity contribution < 1.29 is 27.5 Å². The smallest absolute Gasteiger partial charge is 0.416 e. The molecule has 0 saturated heterocycles. The van der Waals surface area contributed by atoms with Gasteiger partial charge in [-0.05, 0) is 50.2 Å². The summed E-state index contributed by atoms with van der Waals surface area (Å²) in [6, 6.07) is 10.6. The van der Waals surface area contributed by atoms with Crippen LogP contribution < -0.4 is 15.4 Å². The molecule has 0 radical (unpaired) electrons. The molecule has 0 aliphatic heterocycles. The summed E-state index contributed by atoms with van der Waals surface area (Å²) in [6.07, 6.45) is -4.33. The number of nitrogens with one attached hydrogen (secondary N) is 2. The summed E-state index contributed by atoms with van der Waals surface area (Å²) in [7, 11) is 0. The third-order valence-corrected chi connectivity index (χ3v) is 3.58. The number of carbonyl (C=O) groups is 2. The van der Waals surface area contributed by atoms with E-state index in [0.717, 1.165) is 12.1 Å². The van der Waals surface area contributed by atoms with Crippen LogP contribution in [0.5, 0.6) is 11.5 Å². The first-order chi connectivity index (χ1) is 13.1. The van der Waals surface area contributed by atoms with Gasteiger partial charge < -0.3 is 15.4 Å². The van der Waals surface area contributed by atoms with Crippen molar-refractivity contribution in [2.45, 2.75) is 32.5 Å². The van der Waals surface area contributed by atoms with E-state index in [4.69, 9.17) is 4.74 Å². The third-order valence-electron chi connectivity index (χ3n) is 3.58. The first-order valence-corrected chi connectivity index (χ1v) is 8.68. The van der Waals surface area contributed by atoms with Crippen molar-refractivity contribution in [1.29, 1.82) is 0 Å². The van der Waals surface area contributed by atoms with Crippen molar-refractivity contribution in [2.24, 2.45) is 0 Å². The Bertz CT molecular complexity index is 835. The Morgan fingerprint density at radius 1 is 1.04 bits per heavy atom. The van der Waals surface area contributed by atoms with Gasteiger partial charge in [0.2, 0.25) is 5.91 Å². The summed E-state index contributed by atoms with van der Waals surface area (Å²) in [5.41, 5.74) is -0.549. The van der Waals surface area contributed by atoms with Crippen molar-refractivity contribution in [3.63, 3.8) is 0 Å². The summed E-state index contributed by atoms with van der Waals surface area (Å²) in [4.78, 5) is 23.8. The minimum absolute atomic E-state index is 0.0118. The third kappa shape index (κ3) is 6.61. The van der Waals surface area contributed by atoms with Gasteiger partial charge in [-0.15, -0.1) is 0 Å². The van der Waals surface area contributed by atoms with Crippen molar-refractivity contribution >= 4 is 11.8 Å². The predicted octanol–water partition coefficient (Wildman–Crippen LogP) is 4.14. The molecule has 8 heteroatoms. The molecule has 0 spiro atoms. The molecule has 0 aliphatic rings. The second-order valence-electron chi connectivity index (χ2n) is 6.38. The van der Waals surface area contributed by atoms with E-state index in [2.05, 4.69) is 10.6 Å². The highest BCUT2D eigenvalue weighted by Gasteiger charge is 2.30. The molecule has 0 unspecified atom stereocenters. The van der Waals surface area contributed by atoms with Crippen LogP contribution in [0.25, 0.3) is 0 Å². The van der Waals surface area contributed by atoms with Gasteiger partial charge in [-0.25, -0.2) is 0 Å². The number of hydrogen-bond donors (Lipinski definition) is 2. The van der Waals surface area contributed by atoms with Gasteiger partial charge in [0.25, 0.3) is 5.91 Å². The molecular weight excluding hydrogens is 373 g/mol. The molecule has 0 bridgehead atoms. The average Bonchev–Trinajstić information content (AvgIpc) is 2.60. The van der Waals surface area contributed by atoms with Gasteiger partial charge in [-0.1, -0.05) is 12.1 Å². The Balaban J connectivity index is 1.98. The zero-order valence-electron chi connectivity index (χ0n) is 15.5. The minimum atomic E-state index is -4.47. The van der Waals surface area contributed by atoms with Crippen molar-refractivity contribution in [3.8, 4) is 11.5 Å². The Hall–Kier alpha value is -3.03. The highest BCUT2D eigenvalue weighted by molar-refractivity contribution is 5.94. The quantitative estimate of drug-likeness (QED) is 0.742. The molecule has 28 heavy (non-hydrogen) atoms. The summed E-state index contributed by atoms with van der Waals surface area (Å²) in [5.74, 6) is -0.342. The number of benzene rings is 2. The van der Waals surface area contributed by atoms with Crippen LogP contribution in [0.2, 0.25) is 0 Å². The van der Waals surface area contributed by atoms with E-state index in [1.165, 1.54) is 24.3 Å². The van der Waals surface area contributed by atoms with Crippen LogP contribution in [0.3, 0.4) is 0 Å². The van der Waals surface area contributed by atoms with Crippen molar-refractivity contribution in [3.05, 3.63) is 59.7 Å². The van der Waals surface area contributed by atoms with Gasteiger partial charge in [-0.3, -0.25) is 9.59 Å². The summed E-state index contributed by atoms with van der Waals surface area (Å²) in [6.45, 7) is 3.84. The molecule has 2 rings (SSSR count). The van der Waals surface area contributed by atoms with Crippen LogP contribution in [-0.2, 0) is 11.0 Å². The lowest BCUT2D eigenvalue weighted by Crippen LogP contribution is -2.34. The molecule has 5 nitrogen and oxygen atoms in total. The number of halogens is 3. The van der Waals surface area contributed by atoms with Gasteiger partial charge in [-0.2, -0.15) is 13.2 Å². The standard InChI is InChI=1S/C20H21F3N2O3/c1-13(2)25-18(26)9-10-24-19(27)14-5-3-7-16(11-14)28-17-8-4-6-15(12-17)20(21,22)23/h3-8,11-13H,9-10H2,1-2H3,(H,24,27)(H,25,26). The fourth-order valence-electron chi connectivity index (χ4n) is 2.36. The highest BCUT2D eigenvalue weighted by Crippen LogP contribution is 2.32. The van der Waals surface area contributed by atoms with Gasteiger partial charge in [0.1, 0.15) is 11.5 Å². The van der Waals surface area contributed by atoms with Gasteiger partial charge >= 0.3 is 6.18 Å². The van der Waals surface area contributed by atoms with Gasteiger partial charge in [0, 0.05) is 24.6 Å². The largest absolute Gasteiger partial charge is 0.457 e. The second-order valence-corrected chi connectivity index (χ2v) is 6.38. The Labute approximate surface area is 160 Å². The zero-order chi connectivity index (χ0) is 20.7. The summed E-state index contributed by atoms with van der Waals surface area (Å²) >= 11 is 0. The van der Waals surface area contributed by atoms with Crippen LogP contribution in [0, 0.1) is 0 Å². The molecule has 0 aliphatic carbocycles. The molecule has 2 aromatic carbocycles. The Kier molecular flexibility index (Phi) is 7.03. The second kappa shape index (κ2) is 9.25. The van der Waals surface area contributed by atoms with E-state index in [1.807, 2.05) is 13.8 Å². The molecule has 0 aromatic heterocycles. The maximum Gasteiger partial charge on any atom is 0.416 e. The Morgan fingerprint density at radius 2 is 1.68 bits per heavy atom. The van der Waals surface area contributed by atoms with Crippen LogP contribution in [0.15, 0.2) is 48.5 Å². The van der Waals surface area contributed by atoms with Crippen molar-refractivity contribution in [2.75, 3.05) is 6.54 Å². The molecule has 150 valence electrons. The van der Waals surface area contributed by atoms with Crippen LogP contribution in [-0.4, -0.2) is 24.4 Å². The van der Waals surface area contributed by atoms with Crippen molar-refractivity contribution in [1.82, 2.24) is 10.6 Å². The van der Waals surface area contributed by atoms with E-state index in [0.29, 0.717) is 0 Å². The van der Waals surface area contributed by atoms with E-state index in [1.54, 1.807) is 12.1 Å². The zero-order valence-corrected chi connectivity index (χ0v) is 15.5. The predicted molar refractivity (Wildman–Crippen MR) is 98.2 cm³/mol. The first-order valence-electron chi connectivity index (χ1n) is 8.68. The number of ether oxygens (including phenoxy) is 1. The molecular formula is C20H21F3N2O3. The lowest BCUT2D eigenvalue weighted by atomic mass is 10.2. The molecule has 0 atom stereocenters. The van der Waals surface area contributed by atoms with Crippen LogP contribution in [0.1, 0.15) is 36.2 Å². The highest BCUT2D eigenvalue weighted by atomic mass is 19.4. The first kappa shape index (κ1) is 21.3. The minimum Gasteiger partial charge on any atom is -0.457 e. The van der Waals surface area contributed by atoms with Crippen LogP contribution >= 0.6 is 0 Å². The number of rotatable bonds is 7. The van der Waals surface area contributed by atoms with E-state index in [9.17, 15) is 22.8 Å². The average molecular weight is 394 g/mol. The molecule has 0 heterocycles. The molecule has 2 aromatic rings. The van der Waals surface area contributed by atoms with Gasteiger partial charge in [0.05, 0.1) is 5.56 Å². The topological polar surface area (TPSA) is 67.4 Å².